The molecule has 3 rings (SSSR count). The van der Waals surface area contributed by atoms with Crippen LogP contribution >= 0.6 is 0 Å². The molecule has 1 aliphatic carbocycles. The standard InChI is InChI=1S/C18H18O2/c19-11-15-17(13-7-3-1-4-8-13)16(12-20)18(15)14-9-5-2-6-10-14/h1-10,15,17,19-20H,11-12H2/t15-,17-/m0/s1. The van der Waals surface area contributed by atoms with Crippen molar-refractivity contribution in [3.05, 3.63) is 77.4 Å². The molecular formula is C18H18O2. The van der Waals surface area contributed by atoms with Gasteiger partial charge in [-0.15, -0.1) is 0 Å². The maximum atomic E-state index is 9.75. The van der Waals surface area contributed by atoms with E-state index >= 15 is 0 Å². The lowest BCUT2D eigenvalue weighted by Gasteiger charge is -2.41. The molecular weight excluding hydrogens is 248 g/mol. The monoisotopic (exact) mass is 266 g/mol. The first-order valence-corrected chi connectivity index (χ1v) is 6.91. The molecule has 2 aromatic rings. The number of aliphatic hydroxyl groups excluding tert-OH is 2. The SMILES string of the molecule is OCC1=C(c2ccccc2)[C@@H](CO)[C@@H]1c1ccccc1. The van der Waals surface area contributed by atoms with Gasteiger partial charge in [-0.2, -0.15) is 0 Å². The van der Waals surface area contributed by atoms with Crippen LogP contribution in [0.25, 0.3) is 5.57 Å². The number of benzene rings is 2. The van der Waals surface area contributed by atoms with Crippen molar-refractivity contribution in [2.45, 2.75) is 5.92 Å². The minimum atomic E-state index is 0.0420. The highest BCUT2D eigenvalue weighted by molar-refractivity contribution is 5.80. The van der Waals surface area contributed by atoms with E-state index in [-0.39, 0.29) is 25.0 Å². The lowest BCUT2D eigenvalue weighted by Crippen LogP contribution is -2.32. The summed E-state index contributed by atoms with van der Waals surface area (Å²) >= 11 is 0. The van der Waals surface area contributed by atoms with Crippen LogP contribution in [0.4, 0.5) is 0 Å². The fraction of sp³-hybridized carbons (Fsp3) is 0.222. The van der Waals surface area contributed by atoms with Gasteiger partial charge >= 0.3 is 0 Å². The zero-order valence-corrected chi connectivity index (χ0v) is 11.2. The van der Waals surface area contributed by atoms with E-state index < -0.39 is 0 Å². The normalized spacial score (nSPS) is 21.7. The Bertz CT molecular complexity index is 602. The summed E-state index contributed by atoms with van der Waals surface area (Å²) in [6.07, 6.45) is 0. The first kappa shape index (κ1) is 13.1. The Hall–Kier alpha value is -1.90. The Balaban J connectivity index is 2.05. The quantitative estimate of drug-likeness (QED) is 0.893. The molecule has 0 aromatic heterocycles. The molecule has 0 heterocycles. The second-order valence-corrected chi connectivity index (χ2v) is 5.14. The van der Waals surface area contributed by atoms with Gasteiger partial charge in [0.25, 0.3) is 0 Å². The van der Waals surface area contributed by atoms with Crippen molar-refractivity contribution in [2.24, 2.45) is 5.92 Å². The zero-order chi connectivity index (χ0) is 13.9. The Morgan fingerprint density at radius 3 is 1.95 bits per heavy atom. The molecule has 0 unspecified atom stereocenters. The molecule has 0 amide bonds. The van der Waals surface area contributed by atoms with E-state index in [2.05, 4.69) is 12.1 Å². The molecule has 20 heavy (non-hydrogen) atoms. The van der Waals surface area contributed by atoms with Crippen LogP contribution in [-0.2, 0) is 0 Å². The second-order valence-electron chi connectivity index (χ2n) is 5.14. The average molecular weight is 266 g/mol. The summed E-state index contributed by atoms with van der Waals surface area (Å²) < 4.78 is 0. The van der Waals surface area contributed by atoms with E-state index in [1.54, 1.807) is 0 Å². The van der Waals surface area contributed by atoms with E-state index in [9.17, 15) is 10.2 Å². The maximum Gasteiger partial charge on any atom is 0.0654 e. The van der Waals surface area contributed by atoms with Gasteiger partial charge in [0.2, 0.25) is 0 Å². The first-order chi connectivity index (χ1) is 9.86. The number of aliphatic hydroxyl groups is 2. The summed E-state index contributed by atoms with van der Waals surface area (Å²) in [7, 11) is 0. The Morgan fingerprint density at radius 1 is 0.800 bits per heavy atom. The molecule has 1 aliphatic rings. The fourth-order valence-corrected chi connectivity index (χ4v) is 3.21. The van der Waals surface area contributed by atoms with Gasteiger partial charge in [-0.05, 0) is 22.3 Å². The van der Waals surface area contributed by atoms with Crippen LogP contribution in [0.5, 0.6) is 0 Å². The molecule has 2 nitrogen and oxygen atoms in total. The van der Waals surface area contributed by atoms with E-state index in [0.717, 1.165) is 22.3 Å². The molecule has 0 radical (unpaired) electrons. The van der Waals surface area contributed by atoms with Crippen molar-refractivity contribution in [2.75, 3.05) is 13.2 Å². The predicted molar refractivity (Wildman–Crippen MR) is 80.2 cm³/mol. The lowest BCUT2D eigenvalue weighted by atomic mass is 9.63. The van der Waals surface area contributed by atoms with Crippen molar-refractivity contribution >= 4 is 5.57 Å². The van der Waals surface area contributed by atoms with Gasteiger partial charge in [-0.1, -0.05) is 60.7 Å². The third-order valence-electron chi connectivity index (χ3n) is 4.11. The minimum Gasteiger partial charge on any atom is -0.396 e. The summed E-state index contributed by atoms with van der Waals surface area (Å²) in [5.74, 6) is 0.198. The summed E-state index contributed by atoms with van der Waals surface area (Å²) in [6, 6.07) is 20.1. The predicted octanol–water partition coefficient (Wildman–Crippen LogP) is 2.84. The summed E-state index contributed by atoms with van der Waals surface area (Å²) in [5.41, 5.74) is 4.39. The Kier molecular flexibility index (Phi) is 3.68. The van der Waals surface area contributed by atoms with Crippen molar-refractivity contribution in [1.29, 1.82) is 0 Å². The molecule has 2 aromatic carbocycles. The van der Waals surface area contributed by atoms with Gasteiger partial charge in [0.1, 0.15) is 0 Å². The molecule has 0 fully saturated rings. The molecule has 0 spiro atoms. The van der Waals surface area contributed by atoms with Crippen LogP contribution < -0.4 is 0 Å². The highest BCUT2D eigenvalue weighted by Crippen LogP contribution is 2.51. The van der Waals surface area contributed by atoms with Gasteiger partial charge in [0, 0.05) is 11.8 Å². The molecule has 0 aliphatic heterocycles. The van der Waals surface area contributed by atoms with Gasteiger partial charge in [-0.3, -0.25) is 0 Å². The second kappa shape index (κ2) is 5.61. The van der Waals surface area contributed by atoms with Crippen molar-refractivity contribution in [3.63, 3.8) is 0 Å². The third-order valence-corrected chi connectivity index (χ3v) is 4.11. The van der Waals surface area contributed by atoms with E-state index in [1.165, 1.54) is 0 Å². The number of hydrogen-bond donors (Lipinski definition) is 2. The van der Waals surface area contributed by atoms with Crippen LogP contribution in [0.3, 0.4) is 0 Å². The van der Waals surface area contributed by atoms with E-state index in [0.29, 0.717) is 0 Å². The highest BCUT2D eigenvalue weighted by Gasteiger charge is 2.40. The van der Waals surface area contributed by atoms with Crippen LogP contribution in [0.1, 0.15) is 17.0 Å². The molecule has 102 valence electrons. The van der Waals surface area contributed by atoms with E-state index in [1.807, 2.05) is 48.5 Å². The topological polar surface area (TPSA) is 40.5 Å². The lowest BCUT2D eigenvalue weighted by molar-refractivity contribution is 0.220. The Morgan fingerprint density at radius 2 is 1.40 bits per heavy atom. The van der Waals surface area contributed by atoms with Crippen LogP contribution in [-0.4, -0.2) is 23.4 Å². The first-order valence-electron chi connectivity index (χ1n) is 6.91. The average Bonchev–Trinajstić information content (AvgIpc) is 2.49. The summed E-state index contributed by atoms with van der Waals surface area (Å²) in [4.78, 5) is 0. The van der Waals surface area contributed by atoms with Crippen LogP contribution in [0, 0.1) is 5.92 Å². The van der Waals surface area contributed by atoms with Crippen molar-refractivity contribution in [1.82, 2.24) is 0 Å². The number of hydrogen-bond acceptors (Lipinski definition) is 2. The Labute approximate surface area is 119 Å². The van der Waals surface area contributed by atoms with Crippen LogP contribution in [0.15, 0.2) is 66.2 Å². The zero-order valence-electron chi connectivity index (χ0n) is 11.2. The van der Waals surface area contributed by atoms with Gasteiger partial charge < -0.3 is 10.2 Å². The fourth-order valence-electron chi connectivity index (χ4n) is 3.21. The summed E-state index contributed by atoms with van der Waals surface area (Å²) in [6.45, 7) is 0.146. The highest BCUT2D eigenvalue weighted by atomic mass is 16.3. The molecule has 0 saturated heterocycles. The smallest absolute Gasteiger partial charge is 0.0654 e. The van der Waals surface area contributed by atoms with Gasteiger partial charge in [0.05, 0.1) is 13.2 Å². The molecule has 2 atom stereocenters. The molecule has 0 bridgehead atoms. The molecule has 2 N–H and O–H groups in total. The number of rotatable bonds is 4. The minimum absolute atomic E-state index is 0.0420. The maximum absolute atomic E-state index is 9.75. The molecule has 0 saturated carbocycles. The van der Waals surface area contributed by atoms with E-state index in [4.69, 9.17) is 0 Å². The largest absolute Gasteiger partial charge is 0.396 e. The van der Waals surface area contributed by atoms with Crippen molar-refractivity contribution < 1.29 is 10.2 Å². The molecule has 2 heteroatoms. The third kappa shape index (κ3) is 2.07. The van der Waals surface area contributed by atoms with Crippen LogP contribution in [0.2, 0.25) is 0 Å². The summed E-state index contributed by atoms with van der Waals surface area (Å²) in [5, 5.41) is 19.5. The van der Waals surface area contributed by atoms with Gasteiger partial charge in [0.15, 0.2) is 0 Å². The van der Waals surface area contributed by atoms with Gasteiger partial charge in [-0.25, -0.2) is 0 Å². The van der Waals surface area contributed by atoms with Crippen molar-refractivity contribution in [3.8, 4) is 0 Å².